The molecule has 3 nitrogen and oxygen atoms in total. The van der Waals surface area contributed by atoms with Crippen molar-refractivity contribution in [2.24, 2.45) is 5.92 Å². The zero-order valence-corrected chi connectivity index (χ0v) is 13.8. The van der Waals surface area contributed by atoms with Crippen molar-refractivity contribution in [1.29, 1.82) is 0 Å². The van der Waals surface area contributed by atoms with Gasteiger partial charge in [-0.1, -0.05) is 24.3 Å². The number of nitrogens with one attached hydrogen (secondary N) is 1. The minimum atomic E-state index is 0.331. The van der Waals surface area contributed by atoms with Crippen LogP contribution in [-0.4, -0.2) is 29.4 Å². The molecular formula is C19H28N2O. The van der Waals surface area contributed by atoms with Gasteiger partial charge in [0.15, 0.2) is 0 Å². The zero-order valence-electron chi connectivity index (χ0n) is 13.8. The lowest BCUT2D eigenvalue weighted by Crippen LogP contribution is -2.40. The summed E-state index contributed by atoms with van der Waals surface area (Å²) < 4.78 is 0. The molecule has 2 atom stereocenters. The van der Waals surface area contributed by atoms with E-state index in [1.807, 2.05) is 4.90 Å². The Morgan fingerprint density at radius 2 is 1.91 bits per heavy atom. The Hall–Kier alpha value is -1.35. The van der Waals surface area contributed by atoms with Gasteiger partial charge in [0.2, 0.25) is 5.91 Å². The number of benzene rings is 1. The van der Waals surface area contributed by atoms with Crippen LogP contribution in [0.25, 0.3) is 0 Å². The summed E-state index contributed by atoms with van der Waals surface area (Å²) in [6.45, 7) is 5.76. The van der Waals surface area contributed by atoms with Crippen molar-refractivity contribution in [1.82, 2.24) is 10.2 Å². The van der Waals surface area contributed by atoms with Crippen LogP contribution in [0.4, 0.5) is 0 Å². The Kier molecular flexibility index (Phi) is 4.82. The van der Waals surface area contributed by atoms with E-state index in [1.54, 1.807) is 0 Å². The monoisotopic (exact) mass is 300 g/mol. The molecule has 0 aromatic heterocycles. The van der Waals surface area contributed by atoms with E-state index in [0.29, 0.717) is 23.9 Å². The predicted molar refractivity (Wildman–Crippen MR) is 89.6 cm³/mol. The van der Waals surface area contributed by atoms with Crippen LogP contribution >= 0.6 is 0 Å². The molecule has 1 aromatic carbocycles. The highest BCUT2D eigenvalue weighted by molar-refractivity contribution is 5.76. The lowest BCUT2D eigenvalue weighted by Gasteiger charge is -2.30. The van der Waals surface area contributed by atoms with E-state index >= 15 is 0 Å². The van der Waals surface area contributed by atoms with E-state index in [0.717, 1.165) is 19.5 Å². The first-order chi connectivity index (χ1) is 10.7. The van der Waals surface area contributed by atoms with Gasteiger partial charge in [-0.3, -0.25) is 4.79 Å². The minimum Gasteiger partial charge on any atom is -0.339 e. The fourth-order valence-electron chi connectivity index (χ4n) is 4.09. The molecule has 2 aliphatic heterocycles. The Labute approximate surface area is 134 Å². The molecule has 120 valence electrons. The van der Waals surface area contributed by atoms with Gasteiger partial charge in [0.25, 0.3) is 0 Å². The number of nitrogens with zero attached hydrogens (tertiary/aromatic N) is 1. The molecule has 2 bridgehead atoms. The van der Waals surface area contributed by atoms with Crippen LogP contribution < -0.4 is 5.32 Å². The summed E-state index contributed by atoms with van der Waals surface area (Å²) in [5.74, 6) is 0.911. The number of piperidine rings is 1. The lowest BCUT2D eigenvalue weighted by atomic mass is 9.89. The smallest absolute Gasteiger partial charge is 0.223 e. The zero-order chi connectivity index (χ0) is 15.5. The summed E-state index contributed by atoms with van der Waals surface area (Å²) in [5.41, 5.74) is 2.54. The molecule has 0 saturated carbocycles. The first kappa shape index (κ1) is 15.5. The van der Waals surface area contributed by atoms with Crippen LogP contribution in [0.1, 0.15) is 50.2 Å². The number of hydrogen-bond acceptors (Lipinski definition) is 2. The van der Waals surface area contributed by atoms with E-state index in [4.69, 9.17) is 0 Å². The van der Waals surface area contributed by atoms with Crippen molar-refractivity contribution in [3.63, 3.8) is 0 Å². The first-order valence-corrected chi connectivity index (χ1v) is 8.74. The number of fused-ring (bicyclic) bond motifs is 2. The van der Waals surface area contributed by atoms with Crippen molar-refractivity contribution in [2.75, 3.05) is 6.54 Å². The second-order valence-corrected chi connectivity index (χ2v) is 7.01. The van der Waals surface area contributed by atoms with Gasteiger partial charge in [0.1, 0.15) is 0 Å². The highest BCUT2D eigenvalue weighted by Crippen LogP contribution is 2.33. The van der Waals surface area contributed by atoms with Gasteiger partial charge in [-0.05, 0) is 56.6 Å². The third-order valence-corrected chi connectivity index (χ3v) is 5.39. The van der Waals surface area contributed by atoms with Crippen LogP contribution in [0.3, 0.4) is 0 Å². The highest BCUT2D eigenvalue weighted by atomic mass is 16.2. The van der Waals surface area contributed by atoms with E-state index in [-0.39, 0.29) is 0 Å². The summed E-state index contributed by atoms with van der Waals surface area (Å²) in [5, 5.41) is 3.66. The Morgan fingerprint density at radius 1 is 1.23 bits per heavy atom. The largest absolute Gasteiger partial charge is 0.339 e. The van der Waals surface area contributed by atoms with Gasteiger partial charge in [-0.2, -0.15) is 0 Å². The molecule has 22 heavy (non-hydrogen) atoms. The number of carbonyl (C=O) groups is 1. The summed E-state index contributed by atoms with van der Waals surface area (Å²) in [7, 11) is 0. The van der Waals surface area contributed by atoms with E-state index < -0.39 is 0 Å². The van der Waals surface area contributed by atoms with Crippen LogP contribution in [0, 0.1) is 12.8 Å². The molecule has 1 N–H and O–H groups in total. The van der Waals surface area contributed by atoms with E-state index in [2.05, 4.69) is 43.4 Å². The topological polar surface area (TPSA) is 32.3 Å². The minimum absolute atomic E-state index is 0.331. The summed E-state index contributed by atoms with van der Waals surface area (Å²) >= 11 is 0. The van der Waals surface area contributed by atoms with Gasteiger partial charge < -0.3 is 10.2 Å². The van der Waals surface area contributed by atoms with Crippen molar-refractivity contribution < 1.29 is 4.79 Å². The maximum atomic E-state index is 12.7. The van der Waals surface area contributed by atoms with Crippen molar-refractivity contribution in [3.8, 4) is 0 Å². The molecule has 2 heterocycles. The average Bonchev–Trinajstić information content (AvgIpc) is 2.85. The number of aryl methyl sites for hydroxylation is 1. The molecule has 2 saturated heterocycles. The van der Waals surface area contributed by atoms with Crippen LogP contribution in [0.5, 0.6) is 0 Å². The molecule has 3 heteroatoms. The summed E-state index contributed by atoms with van der Waals surface area (Å²) in [6, 6.07) is 9.71. The van der Waals surface area contributed by atoms with E-state index in [9.17, 15) is 4.79 Å². The predicted octanol–water partition coefficient (Wildman–Crippen LogP) is 3.26. The maximum absolute atomic E-state index is 12.7. The van der Waals surface area contributed by atoms with Gasteiger partial charge in [-0.25, -0.2) is 0 Å². The SMILES string of the molecule is CCN(Cc1ccccc1C)C(=O)CC1CC2CCC(C1)N2. The van der Waals surface area contributed by atoms with Gasteiger partial charge in [-0.15, -0.1) is 0 Å². The van der Waals surface area contributed by atoms with Crippen LogP contribution in [-0.2, 0) is 11.3 Å². The standard InChI is InChI=1S/C19H28N2O/c1-3-21(13-16-7-5-4-6-14(16)2)19(22)12-15-10-17-8-9-18(11-15)20-17/h4-7,15,17-18,20H,3,8-13H2,1-2H3. The number of rotatable bonds is 5. The van der Waals surface area contributed by atoms with Crippen LogP contribution in [0.15, 0.2) is 24.3 Å². The molecule has 1 aromatic rings. The second kappa shape index (κ2) is 6.82. The molecule has 2 unspecified atom stereocenters. The molecule has 0 radical (unpaired) electrons. The average molecular weight is 300 g/mol. The first-order valence-electron chi connectivity index (χ1n) is 8.74. The van der Waals surface area contributed by atoms with Crippen LogP contribution in [0.2, 0.25) is 0 Å². The number of hydrogen-bond donors (Lipinski definition) is 1. The normalized spacial score (nSPS) is 26.9. The molecule has 1 amide bonds. The van der Waals surface area contributed by atoms with Gasteiger partial charge >= 0.3 is 0 Å². The Balaban J connectivity index is 1.58. The van der Waals surface area contributed by atoms with Gasteiger partial charge in [0.05, 0.1) is 0 Å². The fourth-order valence-corrected chi connectivity index (χ4v) is 4.09. The highest BCUT2D eigenvalue weighted by Gasteiger charge is 2.34. The summed E-state index contributed by atoms with van der Waals surface area (Å²) in [6.07, 6.45) is 5.70. The molecule has 2 fully saturated rings. The summed E-state index contributed by atoms with van der Waals surface area (Å²) in [4.78, 5) is 14.7. The number of amides is 1. The van der Waals surface area contributed by atoms with Crippen molar-refractivity contribution in [3.05, 3.63) is 35.4 Å². The quantitative estimate of drug-likeness (QED) is 0.905. The molecule has 0 spiro atoms. The number of carbonyl (C=O) groups excluding carboxylic acids is 1. The third-order valence-electron chi connectivity index (χ3n) is 5.39. The van der Waals surface area contributed by atoms with Gasteiger partial charge in [0, 0.05) is 31.6 Å². The van der Waals surface area contributed by atoms with Crippen molar-refractivity contribution >= 4 is 5.91 Å². The Morgan fingerprint density at radius 3 is 2.55 bits per heavy atom. The third kappa shape index (κ3) is 3.52. The Bertz CT molecular complexity index is 516. The second-order valence-electron chi connectivity index (χ2n) is 7.01. The van der Waals surface area contributed by atoms with Crippen molar-refractivity contribution in [2.45, 2.75) is 64.6 Å². The molecule has 3 rings (SSSR count). The fraction of sp³-hybridized carbons (Fsp3) is 0.632. The molecule has 0 aliphatic carbocycles. The molecule has 2 aliphatic rings. The lowest BCUT2D eigenvalue weighted by molar-refractivity contribution is -0.132. The maximum Gasteiger partial charge on any atom is 0.223 e. The molecular weight excluding hydrogens is 272 g/mol. The van der Waals surface area contributed by atoms with E-state index in [1.165, 1.54) is 36.8 Å².